The Kier molecular flexibility index (Phi) is 5.85. The molecule has 3 rings (SSSR count). The van der Waals surface area contributed by atoms with E-state index < -0.39 is 10.0 Å². The normalized spacial score (nSPS) is 15.3. The van der Waals surface area contributed by atoms with Crippen molar-refractivity contribution in [3.8, 4) is 0 Å². The lowest BCUT2D eigenvalue weighted by Gasteiger charge is -2.22. The summed E-state index contributed by atoms with van der Waals surface area (Å²) in [6.07, 6.45) is 4.43. The number of sulfonamides is 1. The highest BCUT2D eigenvalue weighted by Gasteiger charge is 2.22. The molecule has 0 radical (unpaired) electrons. The fourth-order valence-electron chi connectivity index (χ4n) is 3.28. The number of hydrogen-bond acceptors (Lipinski definition) is 3. The first-order chi connectivity index (χ1) is 12.9. The van der Waals surface area contributed by atoms with Crippen LogP contribution in [-0.4, -0.2) is 39.4 Å². The van der Waals surface area contributed by atoms with Crippen molar-refractivity contribution in [1.82, 2.24) is 4.90 Å². The molecule has 27 heavy (non-hydrogen) atoms. The summed E-state index contributed by atoms with van der Waals surface area (Å²) in [5, 5.41) is 0. The van der Waals surface area contributed by atoms with Crippen LogP contribution in [0.15, 0.2) is 53.4 Å². The molecule has 5 nitrogen and oxygen atoms in total. The van der Waals surface area contributed by atoms with Crippen molar-refractivity contribution in [2.75, 3.05) is 24.4 Å². The number of carbonyl (C=O) groups excluding carboxylic acids is 1. The summed E-state index contributed by atoms with van der Waals surface area (Å²) in [6, 6.07) is 13.6. The number of aryl methyl sites for hydroxylation is 1. The van der Waals surface area contributed by atoms with E-state index in [-0.39, 0.29) is 10.8 Å². The maximum atomic E-state index is 12.8. The van der Waals surface area contributed by atoms with Gasteiger partial charge in [0.2, 0.25) is 0 Å². The lowest BCUT2D eigenvalue weighted by Crippen LogP contribution is -2.32. The minimum absolute atomic E-state index is 0.0208. The molecule has 1 aliphatic heterocycles. The van der Waals surface area contributed by atoms with Gasteiger partial charge in [-0.15, -0.1) is 0 Å². The van der Waals surface area contributed by atoms with Crippen LogP contribution in [0, 0.1) is 6.92 Å². The Morgan fingerprint density at radius 1 is 0.889 bits per heavy atom. The van der Waals surface area contributed by atoms with Crippen LogP contribution in [0.2, 0.25) is 0 Å². The molecular formula is C21H26N2O3S. The standard InChI is InChI=1S/C21H26N2O3S/c1-17-7-13-20(14-8-17)27(25,26)22(2)19-11-9-18(10-12-19)21(24)23-15-5-3-4-6-16-23/h7-14H,3-6,15-16H2,1-2H3. The molecular weight excluding hydrogens is 360 g/mol. The van der Waals surface area contributed by atoms with Gasteiger partial charge in [0.05, 0.1) is 10.6 Å². The minimum atomic E-state index is -3.63. The van der Waals surface area contributed by atoms with Crippen LogP contribution in [0.4, 0.5) is 5.69 Å². The second-order valence-corrected chi connectivity index (χ2v) is 9.01. The highest BCUT2D eigenvalue weighted by Crippen LogP contribution is 2.23. The Hall–Kier alpha value is -2.34. The predicted molar refractivity (Wildman–Crippen MR) is 108 cm³/mol. The number of rotatable bonds is 4. The van der Waals surface area contributed by atoms with E-state index in [0.29, 0.717) is 11.3 Å². The second kappa shape index (κ2) is 8.13. The zero-order valence-corrected chi connectivity index (χ0v) is 16.7. The van der Waals surface area contributed by atoms with Gasteiger partial charge in [0, 0.05) is 25.7 Å². The predicted octanol–water partition coefficient (Wildman–Crippen LogP) is 3.84. The second-order valence-electron chi connectivity index (χ2n) is 7.04. The van der Waals surface area contributed by atoms with Crippen LogP contribution in [0.1, 0.15) is 41.6 Å². The average Bonchev–Trinajstić information content (AvgIpc) is 2.97. The van der Waals surface area contributed by atoms with Crippen LogP contribution in [0.5, 0.6) is 0 Å². The molecule has 0 saturated carbocycles. The lowest BCUT2D eigenvalue weighted by atomic mass is 10.1. The topological polar surface area (TPSA) is 57.7 Å². The first-order valence-electron chi connectivity index (χ1n) is 9.34. The fraction of sp³-hybridized carbons (Fsp3) is 0.381. The number of likely N-dealkylation sites (tertiary alicyclic amines) is 1. The van der Waals surface area contributed by atoms with E-state index in [0.717, 1.165) is 31.5 Å². The van der Waals surface area contributed by atoms with Gasteiger partial charge in [-0.1, -0.05) is 30.5 Å². The number of benzene rings is 2. The third kappa shape index (κ3) is 4.33. The maximum Gasteiger partial charge on any atom is 0.264 e. The molecule has 2 aromatic rings. The molecule has 0 atom stereocenters. The molecule has 6 heteroatoms. The zero-order valence-electron chi connectivity index (χ0n) is 15.9. The van der Waals surface area contributed by atoms with Crippen LogP contribution < -0.4 is 4.31 Å². The maximum absolute atomic E-state index is 12.8. The lowest BCUT2D eigenvalue weighted by molar-refractivity contribution is 0.0761. The largest absolute Gasteiger partial charge is 0.339 e. The van der Waals surface area contributed by atoms with Gasteiger partial charge in [0.1, 0.15) is 0 Å². The van der Waals surface area contributed by atoms with Gasteiger partial charge in [0.15, 0.2) is 0 Å². The van der Waals surface area contributed by atoms with Gasteiger partial charge in [-0.3, -0.25) is 9.10 Å². The van der Waals surface area contributed by atoms with E-state index in [1.54, 1.807) is 48.5 Å². The average molecular weight is 387 g/mol. The molecule has 0 aliphatic carbocycles. The minimum Gasteiger partial charge on any atom is -0.339 e. The number of carbonyl (C=O) groups is 1. The Labute approximate surface area is 161 Å². The van der Waals surface area contributed by atoms with Crippen LogP contribution in [-0.2, 0) is 10.0 Å². The highest BCUT2D eigenvalue weighted by molar-refractivity contribution is 7.92. The smallest absolute Gasteiger partial charge is 0.264 e. The molecule has 1 saturated heterocycles. The van der Waals surface area contributed by atoms with Crippen molar-refractivity contribution < 1.29 is 13.2 Å². The van der Waals surface area contributed by atoms with Crippen LogP contribution in [0.3, 0.4) is 0 Å². The summed E-state index contributed by atoms with van der Waals surface area (Å²) in [5.74, 6) is 0.0208. The van der Waals surface area contributed by atoms with Gasteiger partial charge < -0.3 is 4.90 Å². The summed E-state index contributed by atoms with van der Waals surface area (Å²) >= 11 is 0. The SMILES string of the molecule is Cc1ccc(S(=O)(=O)N(C)c2ccc(C(=O)N3CCCCCC3)cc2)cc1. The van der Waals surface area contributed by atoms with E-state index in [9.17, 15) is 13.2 Å². The number of anilines is 1. The van der Waals surface area contributed by atoms with Crippen LogP contribution in [0.25, 0.3) is 0 Å². The third-order valence-corrected chi connectivity index (χ3v) is 6.85. The molecule has 1 aliphatic rings. The Morgan fingerprint density at radius 3 is 2.00 bits per heavy atom. The molecule has 0 unspecified atom stereocenters. The summed E-state index contributed by atoms with van der Waals surface area (Å²) in [7, 11) is -2.10. The number of amides is 1. The van der Waals surface area contributed by atoms with E-state index in [1.807, 2.05) is 11.8 Å². The Bertz CT molecular complexity index is 882. The number of hydrogen-bond donors (Lipinski definition) is 0. The molecule has 0 bridgehead atoms. The van der Waals surface area contributed by atoms with Crippen molar-refractivity contribution >= 4 is 21.6 Å². The number of nitrogens with zero attached hydrogens (tertiary/aromatic N) is 2. The molecule has 0 spiro atoms. The molecule has 1 heterocycles. The van der Waals surface area contributed by atoms with Crippen LogP contribution >= 0.6 is 0 Å². The highest BCUT2D eigenvalue weighted by atomic mass is 32.2. The van der Waals surface area contributed by atoms with Crippen molar-refractivity contribution in [3.05, 3.63) is 59.7 Å². The third-order valence-electron chi connectivity index (χ3n) is 5.05. The van der Waals surface area contributed by atoms with Crippen molar-refractivity contribution in [2.45, 2.75) is 37.5 Å². The van der Waals surface area contributed by atoms with Crippen molar-refractivity contribution in [3.63, 3.8) is 0 Å². The molecule has 1 amide bonds. The van der Waals surface area contributed by atoms with E-state index in [4.69, 9.17) is 0 Å². The molecule has 2 aromatic carbocycles. The Balaban J connectivity index is 1.77. The molecule has 0 N–H and O–H groups in total. The monoisotopic (exact) mass is 386 g/mol. The first-order valence-corrected chi connectivity index (χ1v) is 10.8. The van der Waals surface area contributed by atoms with Crippen molar-refractivity contribution in [1.29, 1.82) is 0 Å². The Morgan fingerprint density at radius 2 is 1.44 bits per heavy atom. The quantitative estimate of drug-likeness (QED) is 0.802. The van der Waals surface area contributed by atoms with E-state index in [2.05, 4.69) is 0 Å². The van der Waals surface area contributed by atoms with Gasteiger partial charge in [-0.2, -0.15) is 0 Å². The van der Waals surface area contributed by atoms with Gasteiger partial charge in [-0.05, 0) is 56.2 Å². The van der Waals surface area contributed by atoms with Crippen molar-refractivity contribution in [2.24, 2.45) is 0 Å². The molecule has 0 aromatic heterocycles. The first kappa shape index (κ1) is 19.4. The summed E-state index contributed by atoms with van der Waals surface area (Å²) in [4.78, 5) is 14.8. The van der Waals surface area contributed by atoms with E-state index >= 15 is 0 Å². The van der Waals surface area contributed by atoms with E-state index in [1.165, 1.54) is 24.2 Å². The van der Waals surface area contributed by atoms with Gasteiger partial charge >= 0.3 is 0 Å². The summed E-state index contributed by atoms with van der Waals surface area (Å²) in [6.45, 7) is 3.50. The van der Waals surface area contributed by atoms with Gasteiger partial charge in [0.25, 0.3) is 15.9 Å². The zero-order chi connectivity index (χ0) is 19.4. The summed E-state index contributed by atoms with van der Waals surface area (Å²) < 4.78 is 26.8. The molecule has 1 fully saturated rings. The summed E-state index contributed by atoms with van der Waals surface area (Å²) in [5.41, 5.74) is 2.14. The fourth-order valence-corrected chi connectivity index (χ4v) is 4.47. The van der Waals surface area contributed by atoms with Gasteiger partial charge in [-0.25, -0.2) is 8.42 Å². The molecule has 144 valence electrons.